The molecule has 3 aromatic heterocycles. The number of hydrogen-bond acceptors (Lipinski definition) is 6. The average Bonchev–Trinajstić information content (AvgIpc) is 3.38. The van der Waals surface area contributed by atoms with Crippen LogP contribution in [0.4, 0.5) is 13.2 Å². The molecule has 1 aliphatic heterocycles. The minimum atomic E-state index is -4.44. The number of nitrogens with two attached hydrogens (primary N) is 1. The van der Waals surface area contributed by atoms with Crippen LogP contribution in [0.2, 0.25) is 0 Å². The Morgan fingerprint density at radius 1 is 1.09 bits per heavy atom. The number of likely N-dealkylation sites (tertiary alicyclic amines) is 1. The number of pyridine rings is 2. The maximum atomic E-state index is 14.1. The Bertz CT molecular complexity index is 1340. The zero-order chi connectivity index (χ0) is 24.0. The molecule has 1 aromatic carbocycles. The molecule has 34 heavy (non-hydrogen) atoms. The predicted molar refractivity (Wildman–Crippen MR) is 122 cm³/mol. The van der Waals surface area contributed by atoms with Gasteiger partial charge in [-0.05, 0) is 50.1 Å². The van der Waals surface area contributed by atoms with E-state index in [1.807, 2.05) is 38.1 Å². The Kier molecular flexibility index (Phi) is 5.65. The first-order valence-corrected chi connectivity index (χ1v) is 11.2. The second kappa shape index (κ2) is 8.52. The second-order valence-corrected chi connectivity index (χ2v) is 8.92. The third kappa shape index (κ3) is 4.30. The summed E-state index contributed by atoms with van der Waals surface area (Å²) in [6.45, 7) is 4.38. The number of nitrogens with zero attached hydrogens (tertiary/aromatic N) is 5. The zero-order valence-corrected chi connectivity index (χ0v) is 18.8. The number of rotatable bonds is 5. The molecule has 5 rings (SSSR count). The maximum Gasteiger partial charge on any atom is 0.408 e. The highest BCUT2D eigenvalue weighted by Gasteiger charge is 2.46. The lowest BCUT2D eigenvalue weighted by Crippen LogP contribution is -2.38. The Morgan fingerprint density at radius 2 is 1.88 bits per heavy atom. The Labute approximate surface area is 194 Å². The van der Waals surface area contributed by atoms with Crippen LogP contribution in [0, 0.1) is 0 Å². The van der Waals surface area contributed by atoms with Crippen molar-refractivity contribution >= 4 is 16.6 Å². The Hall–Kier alpha value is -3.24. The van der Waals surface area contributed by atoms with Crippen LogP contribution in [0.5, 0.6) is 5.75 Å². The zero-order valence-electron chi connectivity index (χ0n) is 18.8. The molecule has 178 valence electrons. The van der Waals surface area contributed by atoms with Crippen molar-refractivity contribution in [1.82, 2.24) is 24.5 Å². The molecule has 0 amide bonds. The van der Waals surface area contributed by atoms with Gasteiger partial charge in [0.1, 0.15) is 17.5 Å². The summed E-state index contributed by atoms with van der Waals surface area (Å²) in [5.41, 5.74) is 7.65. The molecule has 0 radical (unpaired) electrons. The van der Waals surface area contributed by atoms with Crippen molar-refractivity contribution in [2.45, 2.75) is 44.6 Å². The third-order valence-corrected chi connectivity index (χ3v) is 5.94. The molecule has 1 aliphatic rings. The summed E-state index contributed by atoms with van der Waals surface area (Å²) in [5, 5.41) is 9.27. The van der Waals surface area contributed by atoms with Gasteiger partial charge in [0.15, 0.2) is 11.5 Å². The molecule has 0 saturated carbocycles. The molecule has 1 fully saturated rings. The largest absolute Gasteiger partial charge is 0.491 e. The van der Waals surface area contributed by atoms with Gasteiger partial charge in [0.05, 0.1) is 11.6 Å². The Morgan fingerprint density at radius 3 is 2.59 bits per heavy atom. The van der Waals surface area contributed by atoms with Crippen molar-refractivity contribution < 1.29 is 17.9 Å². The fourth-order valence-electron chi connectivity index (χ4n) is 4.47. The van der Waals surface area contributed by atoms with Gasteiger partial charge in [-0.1, -0.05) is 12.1 Å². The number of fused-ring (bicyclic) bond motifs is 2. The summed E-state index contributed by atoms with van der Waals surface area (Å²) in [4.78, 5) is 6.08. The molecule has 1 unspecified atom stereocenters. The van der Waals surface area contributed by atoms with E-state index in [0.29, 0.717) is 41.4 Å². The van der Waals surface area contributed by atoms with Gasteiger partial charge < -0.3 is 10.5 Å². The van der Waals surface area contributed by atoms with E-state index < -0.39 is 12.2 Å². The SMILES string of the molecule is CC(C)Oc1ccc2ccc(-c3nnc4ccc([C@@H](N5CCC(N)C5)C(F)(F)F)cn34)nc2c1. The molecule has 2 N–H and O–H groups in total. The first-order valence-electron chi connectivity index (χ1n) is 11.2. The number of hydrogen-bond donors (Lipinski definition) is 1. The smallest absolute Gasteiger partial charge is 0.408 e. The van der Waals surface area contributed by atoms with Gasteiger partial charge >= 0.3 is 6.18 Å². The van der Waals surface area contributed by atoms with Crippen LogP contribution >= 0.6 is 0 Å². The number of alkyl halides is 3. The highest BCUT2D eigenvalue weighted by Crippen LogP contribution is 2.39. The van der Waals surface area contributed by atoms with E-state index in [1.54, 1.807) is 16.5 Å². The standard InChI is InChI=1S/C24H25F3N6O/c1-14(2)34-18-6-3-15-4-7-19(29-20(15)11-18)23-31-30-21-8-5-16(12-33(21)23)22(24(25,26)27)32-10-9-17(28)13-32/h3-8,11-12,14,17,22H,9-10,13,28H2,1-2H3/t17?,22-/m1/s1. The van der Waals surface area contributed by atoms with E-state index in [0.717, 1.165) is 5.39 Å². The van der Waals surface area contributed by atoms with E-state index >= 15 is 0 Å². The van der Waals surface area contributed by atoms with Gasteiger partial charge in [-0.25, -0.2) is 4.98 Å². The molecule has 1 saturated heterocycles. The van der Waals surface area contributed by atoms with Gasteiger partial charge in [0.25, 0.3) is 0 Å². The summed E-state index contributed by atoms with van der Waals surface area (Å²) < 4.78 is 49.6. The average molecular weight is 470 g/mol. The topological polar surface area (TPSA) is 81.6 Å². The fraction of sp³-hybridized carbons (Fsp3) is 0.375. The van der Waals surface area contributed by atoms with Gasteiger partial charge in [0.2, 0.25) is 0 Å². The molecule has 4 aromatic rings. The van der Waals surface area contributed by atoms with Gasteiger partial charge in [-0.15, -0.1) is 10.2 Å². The minimum absolute atomic E-state index is 0.0197. The van der Waals surface area contributed by atoms with E-state index in [4.69, 9.17) is 15.5 Å². The van der Waals surface area contributed by atoms with Gasteiger partial charge in [-0.2, -0.15) is 13.2 Å². The van der Waals surface area contributed by atoms with Crippen LogP contribution in [0.3, 0.4) is 0 Å². The molecule has 7 nitrogen and oxygen atoms in total. The van der Waals surface area contributed by atoms with E-state index in [-0.39, 0.29) is 24.3 Å². The lowest BCUT2D eigenvalue weighted by atomic mass is 10.1. The summed E-state index contributed by atoms with van der Waals surface area (Å²) in [6, 6.07) is 10.3. The van der Waals surface area contributed by atoms with Crippen molar-refractivity contribution in [2.75, 3.05) is 13.1 Å². The number of halogens is 3. The van der Waals surface area contributed by atoms with Crippen molar-refractivity contribution in [3.8, 4) is 17.3 Å². The van der Waals surface area contributed by atoms with Crippen LogP contribution in [0.1, 0.15) is 31.9 Å². The van der Waals surface area contributed by atoms with Crippen molar-refractivity contribution in [2.24, 2.45) is 5.73 Å². The van der Waals surface area contributed by atoms with E-state index in [9.17, 15) is 13.2 Å². The summed E-state index contributed by atoms with van der Waals surface area (Å²) in [7, 11) is 0. The lowest BCUT2D eigenvalue weighted by Gasteiger charge is -2.30. The van der Waals surface area contributed by atoms with Crippen LogP contribution in [-0.2, 0) is 0 Å². The maximum absolute atomic E-state index is 14.1. The third-order valence-electron chi connectivity index (χ3n) is 5.94. The predicted octanol–water partition coefficient (Wildman–Crippen LogP) is 4.37. The molecule has 0 spiro atoms. The summed E-state index contributed by atoms with van der Waals surface area (Å²) in [5.74, 6) is 1.06. The highest BCUT2D eigenvalue weighted by molar-refractivity contribution is 5.82. The van der Waals surface area contributed by atoms with Crippen molar-refractivity contribution in [3.05, 3.63) is 54.2 Å². The van der Waals surface area contributed by atoms with Gasteiger partial charge in [0, 0.05) is 36.8 Å². The van der Waals surface area contributed by atoms with E-state index in [2.05, 4.69) is 10.2 Å². The van der Waals surface area contributed by atoms with Crippen molar-refractivity contribution in [3.63, 3.8) is 0 Å². The van der Waals surface area contributed by atoms with Crippen LogP contribution < -0.4 is 10.5 Å². The number of benzene rings is 1. The monoisotopic (exact) mass is 470 g/mol. The number of aromatic nitrogens is 4. The van der Waals surface area contributed by atoms with E-state index in [1.165, 1.54) is 17.2 Å². The molecule has 4 heterocycles. The summed E-state index contributed by atoms with van der Waals surface area (Å²) >= 11 is 0. The Balaban J connectivity index is 1.57. The first-order chi connectivity index (χ1) is 16.2. The lowest BCUT2D eigenvalue weighted by molar-refractivity contribution is -0.183. The number of ether oxygens (including phenoxy) is 1. The van der Waals surface area contributed by atoms with Crippen LogP contribution in [-0.4, -0.2) is 55.9 Å². The molecule has 10 heteroatoms. The molecule has 0 bridgehead atoms. The molecular formula is C24H25F3N6O. The first kappa shape index (κ1) is 22.5. The molecule has 2 atom stereocenters. The highest BCUT2D eigenvalue weighted by atomic mass is 19.4. The van der Waals surface area contributed by atoms with Crippen molar-refractivity contribution in [1.29, 1.82) is 0 Å². The minimum Gasteiger partial charge on any atom is -0.491 e. The van der Waals surface area contributed by atoms with Crippen LogP contribution in [0.15, 0.2) is 48.7 Å². The molecule has 0 aliphatic carbocycles. The quantitative estimate of drug-likeness (QED) is 0.467. The summed E-state index contributed by atoms with van der Waals surface area (Å²) in [6.07, 6.45) is -2.43. The second-order valence-electron chi connectivity index (χ2n) is 8.92. The fourth-order valence-corrected chi connectivity index (χ4v) is 4.47. The van der Waals surface area contributed by atoms with Gasteiger partial charge in [-0.3, -0.25) is 9.30 Å². The molecular weight excluding hydrogens is 445 g/mol. The van der Waals surface area contributed by atoms with Crippen LogP contribution in [0.25, 0.3) is 28.1 Å². The normalized spacial score (nSPS) is 18.3.